The number of pyridine rings is 1. The number of aryl methyl sites for hydroxylation is 2. The van der Waals surface area contributed by atoms with Crippen molar-refractivity contribution in [2.75, 3.05) is 6.54 Å². The number of nitrogens with one attached hydrogen (secondary N) is 1. The van der Waals surface area contributed by atoms with E-state index in [0.29, 0.717) is 25.1 Å². The Kier molecular flexibility index (Phi) is 4.60. The maximum absolute atomic E-state index is 12.9. The average molecular weight is 325 g/mol. The Morgan fingerprint density at radius 3 is 2.67 bits per heavy atom. The number of carbonyl (C=O) groups excluding carboxylic acids is 1. The van der Waals surface area contributed by atoms with Gasteiger partial charge in [0.1, 0.15) is 17.2 Å². The van der Waals surface area contributed by atoms with Crippen LogP contribution in [0.1, 0.15) is 34.2 Å². The Balaban J connectivity index is 1.75. The number of hydrogen-bond donors (Lipinski definition) is 1. The third kappa shape index (κ3) is 3.30. The lowest BCUT2D eigenvalue weighted by Gasteiger charge is -2.07. The first-order valence-electron chi connectivity index (χ1n) is 8.08. The van der Waals surface area contributed by atoms with E-state index < -0.39 is 0 Å². The lowest BCUT2D eigenvalue weighted by atomic mass is 10.1. The Hall–Kier alpha value is -2.69. The van der Waals surface area contributed by atoms with E-state index in [1.807, 2.05) is 36.6 Å². The molecule has 0 aliphatic heterocycles. The van der Waals surface area contributed by atoms with Gasteiger partial charge in [0.15, 0.2) is 0 Å². The summed E-state index contributed by atoms with van der Waals surface area (Å²) in [6.07, 6.45) is 3.28. The molecule has 3 aromatic rings. The first-order chi connectivity index (χ1) is 11.6. The van der Waals surface area contributed by atoms with Crippen LogP contribution < -0.4 is 5.32 Å². The summed E-state index contributed by atoms with van der Waals surface area (Å²) in [5.41, 5.74) is 4.22. The van der Waals surface area contributed by atoms with Crippen molar-refractivity contribution in [3.8, 4) is 0 Å². The molecule has 4 nitrogen and oxygen atoms in total. The molecule has 0 aliphatic carbocycles. The minimum Gasteiger partial charge on any atom is -0.350 e. The SMILES string of the molecule is CCc1nc2ccc(C)cn2c1C(=O)NCCc1ccc(F)cc1. The number of rotatable bonds is 5. The van der Waals surface area contributed by atoms with Crippen molar-refractivity contribution < 1.29 is 9.18 Å². The third-order valence-electron chi connectivity index (χ3n) is 4.00. The smallest absolute Gasteiger partial charge is 0.270 e. The number of carbonyl (C=O) groups is 1. The summed E-state index contributed by atoms with van der Waals surface area (Å²) in [6.45, 7) is 4.47. The number of imidazole rings is 1. The Labute approximate surface area is 140 Å². The van der Waals surface area contributed by atoms with E-state index in [2.05, 4.69) is 10.3 Å². The molecule has 0 unspecified atom stereocenters. The van der Waals surface area contributed by atoms with Crippen LogP contribution in [0.4, 0.5) is 4.39 Å². The van der Waals surface area contributed by atoms with Crippen molar-refractivity contribution in [3.63, 3.8) is 0 Å². The largest absolute Gasteiger partial charge is 0.350 e. The second kappa shape index (κ2) is 6.83. The maximum Gasteiger partial charge on any atom is 0.270 e. The minimum absolute atomic E-state index is 0.132. The molecule has 124 valence electrons. The lowest BCUT2D eigenvalue weighted by molar-refractivity contribution is 0.0947. The molecule has 0 saturated heterocycles. The molecular weight excluding hydrogens is 305 g/mol. The second-order valence-corrected chi connectivity index (χ2v) is 5.83. The molecule has 2 aromatic heterocycles. The molecule has 0 atom stereocenters. The van der Waals surface area contributed by atoms with E-state index in [0.717, 1.165) is 22.5 Å². The molecule has 5 heteroatoms. The molecule has 0 radical (unpaired) electrons. The van der Waals surface area contributed by atoms with Crippen LogP contribution in [0.5, 0.6) is 0 Å². The van der Waals surface area contributed by atoms with Crippen LogP contribution in [0, 0.1) is 12.7 Å². The van der Waals surface area contributed by atoms with Crippen LogP contribution in [0.15, 0.2) is 42.6 Å². The van der Waals surface area contributed by atoms with Crippen molar-refractivity contribution in [2.24, 2.45) is 0 Å². The lowest BCUT2D eigenvalue weighted by Crippen LogP contribution is -2.27. The fourth-order valence-electron chi connectivity index (χ4n) is 2.74. The van der Waals surface area contributed by atoms with Crippen LogP contribution in [-0.4, -0.2) is 21.8 Å². The quantitative estimate of drug-likeness (QED) is 0.782. The summed E-state index contributed by atoms with van der Waals surface area (Å²) >= 11 is 0. The molecule has 0 aliphatic rings. The van der Waals surface area contributed by atoms with Crippen molar-refractivity contribution in [3.05, 3.63) is 70.9 Å². The molecule has 24 heavy (non-hydrogen) atoms. The summed E-state index contributed by atoms with van der Waals surface area (Å²) in [5.74, 6) is -0.386. The predicted octanol–water partition coefficient (Wildman–Crippen LogP) is 3.32. The Morgan fingerprint density at radius 2 is 1.96 bits per heavy atom. The summed E-state index contributed by atoms with van der Waals surface area (Å²) < 4.78 is 14.8. The van der Waals surface area contributed by atoms with Crippen LogP contribution >= 0.6 is 0 Å². The number of hydrogen-bond acceptors (Lipinski definition) is 2. The van der Waals surface area contributed by atoms with Crippen molar-refractivity contribution >= 4 is 11.6 Å². The van der Waals surface area contributed by atoms with Gasteiger partial charge < -0.3 is 5.32 Å². The van der Waals surface area contributed by atoms with Crippen LogP contribution in [0.25, 0.3) is 5.65 Å². The Bertz CT molecular complexity index is 868. The average Bonchev–Trinajstić information content (AvgIpc) is 2.94. The van der Waals surface area contributed by atoms with Gasteiger partial charge in [0.25, 0.3) is 5.91 Å². The van der Waals surface area contributed by atoms with Crippen LogP contribution in [-0.2, 0) is 12.8 Å². The number of halogens is 1. The first kappa shape index (κ1) is 16.2. The van der Waals surface area contributed by atoms with Gasteiger partial charge in [-0.1, -0.05) is 25.1 Å². The van der Waals surface area contributed by atoms with Gasteiger partial charge in [-0.25, -0.2) is 9.37 Å². The number of amides is 1. The molecule has 0 spiro atoms. The molecular formula is C19H20FN3O. The highest BCUT2D eigenvalue weighted by Crippen LogP contribution is 2.15. The zero-order valence-electron chi connectivity index (χ0n) is 13.8. The molecule has 1 N–H and O–H groups in total. The van der Waals surface area contributed by atoms with Gasteiger partial charge >= 0.3 is 0 Å². The van der Waals surface area contributed by atoms with E-state index in [9.17, 15) is 9.18 Å². The summed E-state index contributed by atoms with van der Waals surface area (Å²) in [5, 5.41) is 2.94. The standard InChI is InChI=1S/C19H20FN3O/c1-3-16-18(23-12-13(2)4-9-17(23)22-16)19(24)21-11-10-14-5-7-15(20)8-6-14/h4-9,12H,3,10-11H2,1-2H3,(H,21,24). The molecule has 3 rings (SSSR count). The van der Waals surface area contributed by atoms with Gasteiger partial charge in [-0.3, -0.25) is 9.20 Å². The first-order valence-corrected chi connectivity index (χ1v) is 8.08. The molecule has 1 amide bonds. The van der Waals surface area contributed by atoms with E-state index in [-0.39, 0.29) is 11.7 Å². The summed E-state index contributed by atoms with van der Waals surface area (Å²) in [4.78, 5) is 17.2. The van der Waals surface area contributed by atoms with Crippen molar-refractivity contribution in [1.29, 1.82) is 0 Å². The van der Waals surface area contributed by atoms with E-state index in [4.69, 9.17) is 0 Å². The number of nitrogens with zero attached hydrogens (tertiary/aromatic N) is 2. The zero-order chi connectivity index (χ0) is 17.1. The maximum atomic E-state index is 12.9. The third-order valence-corrected chi connectivity index (χ3v) is 4.00. The summed E-state index contributed by atoms with van der Waals surface area (Å²) in [6, 6.07) is 10.2. The fourth-order valence-corrected chi connectivity index (χ4v) is 2.74. The molecule has 0 saturated carbocycles. The monoisotopic (exact) mass is 325 g/mol. The summed E-state index contributed by atoms with van der Waals surface area (Å²) in [7, 11) is 0. The number of benzene rings is 1. The Morgan fingerprint density at radius 1 is 1.21 bits per heavy atom. The highest BCUT2D eigenvalue weighted by Gasteiger charge is 2.17. The van der Waals surface area contributed by atoms with Crippen LogP contribution in [0.3, 0.4) is 0 Å². The van der Waals surface area contributed by atoms with E-state index >= 15 is 0 Å². The molecule has 0 bridgehead atoms. The minimum atomic E-state index is -0.253. The van der Waals surface area contributed by atoms with Gasteiger partial charge in [0, 0.05) is 12.7 Å². The fraction of sp³-hybridized carbons (Fsp3) is 0.263. The van der Waals surface area contributed by atoms with Crippen LogP contribution in [0.2, 0.25) is 0 Å². The number of fused-ring (bicyclic) bond motifs is 1. The molecule has 2 heterocycles. The van der Waals surface area contributed by atoms with Crippen molar-refractivity contribution in [2.45, 2.75) is 26.7 Å². The highest BCUT2D eigenvalue weighted by atomic mass is 19.1. The normalized spacial score (nSPS) is 11.0. The van der Waals surface area contributed by atoms with Gasteiger partial charge in [-0.2, -0.15) is 0 Å². The van der Waals surface area contributed by atoms with Gasteiger partial charge in [-0.15, -0.1) is 0 Å². The topological polar surface area (TPSA) is 46.4 Å². The number of aromatic nitrogens is 2. The highest BCUT2D eigenvalue weighted by molar-refractivity contribution is 5.94. The van der Waals surface area contributed by atoms with E-state index in [1.165, 1.54) is 12.1 Å². The zero-order valence-corrected chi connectivity index (χ0v) is 13.8. The van der Waals surface area contributed by atoms with Gasteiger partial charge in [-0.05, 0) is 49.1 Å². The van der Waals surface area contributed by atoms with Gasteiger partial charge in [0.05, 0.1) is 5.69 Å². The van der Waals surface area contributed by atoms with Crippen molar-refractivity contribution in [1.82, 2.24) is 14.7 Å². The van der Waals surface area contributed by atoms with Gasteiger partial charge in [0.2, 0.25) is 0 Å². The predicted molar refractivity (Wildman–Crippen MR) is 91.7 cm³/mol. The molecule has 1 aromatic carbocycles. The second-order valence-electron chi connectivity index (χ2n) is 5.83. The van der Waals surface area contributed by atoms with E-state index in [1.54, 1.807) is 12.1 Å². The molecule has 0 fully saturated rings.